The Bertz CT molecular complexity index is 481. The number of benzene rings is 1. The molecule has 78 valence electrons. The lowest BCUT2D eigenvalue weighted by Crippen LogP contribution is -1.91. The zero-order valence-electron chi connectivity index (χ0n) is 8.20. The molecule has 0 atom stereocenters. The van der Waals surface area contributed by atoms with Gasteiger partial charge in [0.25, 0.3) is 0 Å². The van der Waals surface area contributed by atoms with Crippen LogP contribution in [0.25, 0.3) is 11.4 Å². The second-order valence-electron chi connectivity index (χ2n) is 3.10. The van der Waals surface area contributed by atoms with Gasteiger partial charge in [-0.3, -0.25) is 0 Å². The number of halogens is 1. The lowest BCUT2D eigenvalue weighted by Gasteiger charge is -1.97. The normalized spacial score (nSPS) is 10.5. The molecule has 0 aliphatic heterocycles. The molecule has 2 aromatic rings. The lowest BCUT2D eigenvalue weighted by atomic mass is 10.2. The van der Waals surface area contributed by atoms with E-state index in [4.69, 9.17) is 10.3 Å². The molecule has 0 saturated heterocycles. The highest BCUT2D eigenvalue weighted by molar-refractivity contribution is 5.60. The molecular weight excluding hydrogens is 197 g/mol. The average molecular weight is 207 g/mol. The van der Waals surface area contributed by atoms with Crippen LogP contribution in [0, 0.1) is 5.82 Å². The van der Waals surface area contributed by atoms with Crippen LogP contribution < -0.4 is 5.73 Å². The molecule has 4 nitrogen and oxygen atoms in total. The van der Waals surface area contributed by atoms with E-state index in [2.05, 4.69) is 10.1 Å². The smallest absolute Gasteiger partial charge is 0.226 e. The van der Waals surface area contributed by atoms with E-state index in [1.807, 2.05) is 6.92 Å². The maximum atomic E-state index is 12.9. The van der Waals surface area contributed by atoms with Crippen LogP contribution in [-0.4, -0.2) is 10.1 Å². The third-order valence-electron chi connectivity index (χ3n) is 2.02. The molecule has 0 fully saturated rings. The molecule has 15 heavy (non-hydrogen) atoms. The maximum absolute atomic E-state index is 12.9. The summed E-state index contributed by atoms with van der Waals surface area (Å²) in [5, 5.41) is 3.76. The largest absolute Gasteiger partial charge is 0.396 e. The van der Waals surface area contributed by atoms with Gasteiger partial charge in [-0.1, -0.05) is 12.1 Å². The van der Waals surface area contributed by atoms with Gasteiger partial charge in [0.2, 0.25) is 11.7 Å². The number of hydrogen-bond donors (Lipinski definition) is 1. The fraction of sp³-hybridized carbons (Fsp3) is 0.200. The Hall–Kier alpha value is -1.91. The van der Waals surface area contributed by atoms with Crippen molar-refractivity contribution in [3.8, 4) is 11.4 Å². The number of aromatic nitrogens is 2. The first-order chi connectivity index (χ1) is 7.20. The topological polar surface area (TPSA) is 64.9 Å². The van der Waals surface area contributed by atoms with Gasteiger partial charge < -0.3 is 10.3 Å². The number of nitrogens with two attached hydrogens (primary N) is 1. The molecule has 0 amide bonds. The summed E-state index contributed by atoms with van der Waals surface area (Å²) in [5.41, 5.74) is 6.17. The van der Waals surface area contributed by atoms with Crippen molar-refractivity contribution in [3.63, 3.8) is 0 Å². The average Bonchev–Trinajstić information content (AvgIpc) is 2.70. The van der Waals surface area contributed by atoms with E-state index in [-0.39, 0.29) is 5.69 Å². The standard InChI is InChI=1S/C10H10FN3O/c1-2-9-13-10(14-15-9)6-3-4-7(11)8(12)5-6/h3-5H,2,12H2,1H3. The second-order valence-corrected chi connectivity index (χ2v) is 3.10. The van der Waals surface area contributed by atoms with Crippen LogP contribution in [0.15, 0.2) is 22.7 Å². The van der Waals surface area contributed by atoms with E-state index in [1.165, 1.54) is 12.1 Å². The van der Waals surface area contributed by atoms with E-state index in [9.17, 15) is 4.39 Å². The molecule has 5 heteroatoms. The fourth-order valence-electron chi connectivity index (χ4n) is 1.20. The maximum Gasteiger partial charge on any atom is 0.226 e. The molecule has 0 radical (unpaired) electrons. The predicted octanol–water partition coefficient (Wildman–Crippen LogP) is 2.02. The minimum Gasteiger partial charge on any atom is -0.396 e. The second kappa shape index (κ2) is 3.68. The molecule has 2 N–H and O–H groups in total. The van der Waals surface area contributed by atoms with Gasteiger partial charge in [0.05, 0.1) is 5.69 Å². The monoisotopic (exact) mass is 207 g/mol. The van der Waals surface area contributed by atoms with Gasteiger partial charge in [-0.05, 0) is 18.2 Å². The van der Waals surface area contributed by atoms with Gasteiger partial charge in [-0.15, -0.1) is 0 Å². The fourth-order valence-corrected chi connectivity index (χ4v) is 1.20. The van der Waals surface area contributed by atoms with Crippen molar-refractivity contribution in [1.29, 1.82) is 0 Å². The Balaban J connectivity index is 2.40. The van der Waals surface area contributed by atoms with E-state index < -0.39 is 5.82 Å². The van der Waals surface area contributed by atoms with Gasteiger partial charge in [-0.2, -0.15) is 4.98 Å². The third kappa shape index (κ3) is 1.81. The molecule has 2 rings (SSSR count). The van der Waals surface area contributed by atoms with Crippen LogP contribution >= 0.6 is 0 Å². The molecule has 0 aliphatic rings. The van der Waals surface area contributed by atoms with Crippen LogP contribution in [-0.2, 0) is 6.42 Å². The van der Waals surface area contributed by atoms with Crippen molar-refractivity contribution in [2.75, 3.05) is 5.73 Å². The van der Waals surface area contributed by atoms with E-state index in [1.54, 1.807) is 6.07 Å². The van der Waals surface area contributed by atoms with Gasteiger partial charge in [0.15, 0.2) is 0 Å². The summed E-state index contributed by atoms with van der Waals surface area (Å²) >= 11 is 0. The number of nitrogen functional groups attached to an aromatic ring is 1. The molecule has 1 heterocycles. The van der Waals surface area contributed by atoms with E-state index >= 15 is 0 Å². The molecule has 0 bridgehead atoms. The first kappa shape index (κ1) is 9.64. The summed E-state index contributed by atoms with van der Waals surface area (Å²) in [5.74, 6) is 0.532. The van der Waals surface area contributed by atoms with Crippen molar-refractivity contribution in [3.05, 3.63) is 29.9 Å². The molecule has 0 spiro atoms. The van der Waals surface area contributed by atoms with Crippen molar-refractivity contribution >= 4 is 5.69 Å². The SMILES string of the molecule is CCc1nc(-c2ccc(F)c(N)c2)no1. The van der Waals surface area contributed by atoms with Crippen LogP contribution in [0.4, 0.5) is 10.1 Å². The zero-order chi connectivity index (χ0) is 10.8. The van der Waals surface area contributed by atoms with Crippen molar-refractivity contribution in [2.45, 2.75) is 13.3 Å². The van der Waals surface area contributed by atoms with Gasteiger partial charge in [0, 0.05) is 12.0 Å². The van der Waals surface area contributed by atoms with Crippen LogP contribution in [0.2, 0.25) is 0 Å². The predicted molar refractivity (Wildman–Crippen MR) is 53.5 cm³/mol. The molecule has 0 saturated carbocycles. The zero-order valence-corrected chi connectivity index (χ0v) is 8.20. The summed E-state index contributed by atoms with van der Waals surface area (Å²) in [6.45, 7) is 1.91. The Morgan fingerprint density at radius 3 is 2.87 bits per heavy atom. The van der Waals surface area contributed by atoms with Gasteiger partial charge in [0.1, 0.15) is 5.82 Å². The molecule has 0 aliphatic carbocycles. The number of nitrogens with zero attached hydrogens (tertiary/aromatic N) is 2. The quantitative estimate of drug-likeness (QED) is 0.765. The highest BCUT2D eigenvalue weighted by atomic mass is 19.1. The van der Waals surface area contributed by atoms with E-state index in [0.29, 0.717) is 23.7 Å². The molecule has 0 unspecified atom stereocenters. The van der Waals surface area contributed by atoms with Gasteiger partial charge >= 0.3 is 0 Å². The summed E-state index contributed by atoms with van der Waals surface area (Å²) in [6.07, 6.45) is 0.670. The summed E-state index contributed by atoms with van der Waals surface area (Å²) in [4.78, 5) is 4.11. The lowest BCUT2D eigenvalue weighted by molar-refractivity contribution is 0.383. The van der Waals surface area contributed by atoms with Crippen molar-refractivity contribution in [2.24, 2.45) is 0 Å². The minimum atomic E-state index is -0.446. The minimum absolute atomic E-state index is 0.0790. The molecule has 1 aromatic carbocycles. The first-order valence-corrected chi connectivity index (χ1v) is 4.58. The number of hydrogen-bond acceptors (Lipinski definition) is 4. The van der Waals surface area contributed by atoms with Crippen LogP contribution in [0.1, 0.15) is 12.8 Å². The van der Waals surface area contributed by atoms with Crippen molar-refractivity contribution < 1.29 is 8.91 Å². The molecular formula is C10H10FN3O. The van der Waals surface area contributed by atoms with Crippen molar-refractivity contribution in [1.82, 2.24) is 10.1 Å². The summed E-state index contributed by atoms with van der Waals surface area (Å²) in [6, 6.07) is 4.34. The highest BCUT2D eigenvalue weighted by Gasteiger charge is 2.08. The number of aryl methyl sites for hydroxylation is 1. The van der Waals surface area contributed by atoms with Gasteiger partial charge in [-0.25, -0.2) is 4.39 Å². The highest BCUT2D eigenvalue weighted by Crippen LogP contribution is 2.20. The first-order valence-electron chi connectivity index (χ1n) is 4.58. The Morgan fingerprint density at radius 1 is 1.47 bits per heavy atom. The van der Waals surface area contributed by atoms with E-state index in [0.717, 1.165) is 0 Å². The Morgan fingerprint density at radius 2 is 2.27 bits per heavy atom. The number of rotatable bonds is 2. The molecule has 1 aromatic heterocycles. The Kier molecular flexibility index (Phi) is 2.37. The van der Waals surface area contributed by atoms with Crippen LogP contribution in [0.5, 0.6) is 0 Å². The summed E-state index contributed by atoms with van der Waals surface area (Å²) < 4.78 is 17.8. The van der Waals surface area contributed by atoms with Crippen LogP contribution in [0.3, 0.4) is 0 Å². The summed E-state index contributed by atoms with van der Waals surface area (Å²) in [7, 11) is 0. The third-order valence-corrected chi connectivity index (χ3v) is 2.02. The Labute approximate surface area is 85.9 Å². The number of anilines is 1.